The standard InChI is InChI=1S/C9H7F6N/c10-5-2-7(12)6(11)1-4(5)8(16)3-9(13,14)15/h1-2,8H,3,16H2/t8-/m1/s1. The summed E-state index contributed by atoms with van der Waals surface area (Å²) in [5.74, 6) is -4.20. The Morgan fingerprint density at radius 1 is 1.00 bits per heavy atom. The van der Waals surface area contributed by atoms with Gasteiger partial charge in [0.1, 0.15) is 5.82 Å². The summed E-state index contributed by atoms with van der Waals surface area (Å²) < 4.78 is 74.0. The number of benzene rings is 1. The van der Waals surface area contributed by atoms with Crippen molar-refractivity contribution in [3.63, 3.8) is 0 Å². The molecule has 0 heterocycles. The zero-order valence-corrected chi connectivity index (χ0v) is 7.78. The lowest BCUT2D eigenvalue weighted by Crippen LogP contribution is -2.21. The minimum Gasteiger partial charge on any atom is -0.324 e. The van der Waals surface area contributed by atoms with Crippen LogP contribution in [0.1, 0.15) is 18.0 Å². The number of rotatable bonds is 2. The third kappa shape index (κ3) is 3.13. The van der Waals surface area contributed by atoms with Crippen LogP contribution in [0.15, 0.2) is 12.1 Å². The van der Waals surface area contributed by atoms with Gasteiger partial charge in [0, 0.05) is 17.7 Å². The van der Waals surface area contributed by atoms with Crippen molar-refractivity contribution in [2.45, 2.75) is 18.6 Å². The molecule has 1 nitrogen and oxygen atoms in total. The SMILES string of the molecule is N[C@H](CC(F)(F)F)c1cc(F)c(F)cc1F. The average Bonchev–Trinajstić information content (AvgIpc) is 2.08. The van der Waals surface area contributed by atoms with Gasteiger partial charge in [-0.3, -0.25) is 0 Å². The van der Waals surface area contributed by atoms with Gasteiger partial charge >= 0.3 is 6.18 Å². The third-order valence-electron chi connectivity index (χ3n) is 1.89. The summed E-state index contributed by atoms with van der Waals surface area (Å²) in [6, 6.07) is -1.25. The summed E-state index contributed by atoms with van der Waals surface area (Å²) in [5, 5.41) is 0. The molecule has 0 saturated heterocycles. The Hall–Kier alpha value is -1.24. The lowest BCUT2D eigenvalue weighted by atomic mass is 10.0. The molecule has 0 bridgehead atoms. The summed E-state index contributed by atoms with van der Waals surface area (Å²) >= 11 is 0. The fourth-order valence-corrected chi connectivity index (χ4v) is 1.18. The molecule has 1 aromatic rings. The first-order valence-corrected chi connectivity index (χ1v) is 4.17. The molecule has 0 aromatic heterocycles. The Morgan fingerprint density at radius 2 is 1.50 bits per heavy atom. The highest BCUT2D eigenvalue weighted by molar-refractivity contribution is 5.23. The Balaban J connectivity index is 3.00. The van der Waals surface area contributed by atoms with Crippen LogP contribution in [0.4, 0.5) is 26.3 Å². The topological polar surface area (TPSA) is 26.0 Å². The van der Waals surface area contributed by atoms with Gasteiger partial charge in [0.05, 0.1) is 6.42 Å². The molecule has 1 aromatic carbocycles. The minimum atomic E-state index is -4.60. The van der Waals surface area contributed by atoms with E-state index in [1.807, 2.05) is 0 Å². The second-order valence-corrected chi connectivity index (χ2v) is 3.21. The molecule has 0 unspecified atom stereocenters. The van der Waals surface area contributed by atoms with Gasteiger partial charge in [-0.15, -0.1) is 0 Å². The molecule has 0 aliphatic carbocycles. The predicted octanol–water partition coefficient (Wildman–Crippen LogP) is 3.06. The molecule has 0 amide bonds. The van der Waals surface area contributed by atoms with Crippen LogP contribution >= 0.6 is 0 Å². The van der Waals surface area contributed by atoms with Crippen molar-refractivity contribution in [1.82, 2.24) is 0 Å². The molecule has 0 aliphatic rings. The summed E-state index contributed by atoms with van der Waals surface area (Å²) in [5.41, 5.74) is 4.35. The first-order valence-electron chi connectivity index (χ1n) is 4.17. The summed E-state index contributed by atoms with van der Waals surface area (Å²) in [4.78, 5) is 0. The largest absolute Gasteiger partial charge is 0.390 e. The number of alkyl halides is 3. The Morgan fingerprint density at radius 3 is 2.00 bits per heavy atom. The normalized spacial score (nSPS) is 13.9. The third-order valence-corrected chi connectivity index (χ3v) is 1.89. The Labute approximate surface area is 86.9 Å². The molecular weight excluding hydrogens is 236 g/mol. The maximum Gasteiger partial charge on any atom is 0.390 e. The number of hydrogen-bond donors (Lipinski definition) is 1. The zero-order chi connectivity index (χ0) is 12.5. The molecule has 0 radical (unpaired) electrons. The Kier molecular flexibility index (Phi) is 3.47. The maximum absolute atomic E-state index is 13.0. The first-order chi connectivity index (χ1) is 7.20. The highest BCUT2D eigenvalue weighted by Gasteiger charge is 2.32. The Bertz CT molecular complexity index is 386. The second-order valence-electron chi connectivity index (χ2n) is 3.21. The first kappa shape index (κ1) is 12.8. The highest BCUT2D eigenvalue weighted by atomic mass is 19.4. The molecule has 1 atom stereocenters. The molecule has 0 spiro atoms. The average molecular weight is 243 g/mol. The van der Waals surface area contributed by atoms with E-state index in [9.17, 15) is 26.3 Å². The predicted molar refractivity (Wildman–Crippen MR) is 43.9 cm³/mol. The summed E-state index contributed by atoms with van der Waals surface area (Å²) in [7, 11) is 0. The molecule has 7 heteroatoms. The van der Waals surface area contributed by atoms with Crippen LogP contribution in [0.25, 0.3) is 0 Å². The van der Waals surface area contributed by atoms with Crippen LogP contribution < -0.4 is 5.73 Å². The van der Waals surface area contributed by atoms with Crippen molar-refractivity contribution < 1.29 is 26.3 Å². The van der Waals surface area contributed by atoms with E-state index in [0.717, 1.165) is 0 Å². The van der Waals surface area contributed by atoms with Crippen molar-refractivity contribution in [1.29, 1.82) is 0 Å². The number of hydrogen-bond acceptors (Lipinski definition) is 1. The zero-order valence-electron chi connectivity index (χ0n) is 7.78. The van der Waals surface area contributed by atoms with Gasteiger partial charge in [0.25, 0.3) is 0 Å². The lowest BCUT2D eigenvalue weighted by Gasteiger charge is -2.15. The summed E-state index contributed by atoms with van der Waals surface area (Å²) in [6.07, 6.45) is -6.11. The quantitative estimate of drug-likeness (QED) is 0.627. The molecule has 2 N–H and O–H groups in total. The second kappa shape index (κ2) is 4.32. The van der Waals surface area contributed by atoms with E-state index in [1.165, 1.54) is 0 Å². The van der Waals surface area contributed by atoms with E-state index in [4.69, 9.17) is 5.73 Å². The van der Waals surface area contributed by atoms with Crippen molar-refractivity contribution in [3.05, 3.63) is 35.1 Å². The lowest BCUT2D eigenvalue weighted by molar-refractivity contribution is -0.138. The van der Waals surface area contributed by atoms with Crippen molar-refractivity contribution in [3.8, 4) is 0 Å². The van der Waals surface area contributed by atoms with E-state index in [2.05, 4.69) is 0 Å². The van der Waals surface area contributed by atoms with Crippen LogP contribution in [0.3, 0.4) is 0 Å². The monoisotopic (exact) mass is 243 g/mol. The summed E-state index contributed by atoms with van der Waals surface area (Å²) in [6.45, 7) is 0. The van der Waals surface area contributed by atoms with E-state index in [-0.39, 0.29) is 6.07 Å². The van der Waals surface area contributed by atoms with Crippen LogP contribution in [-0.4, -0.2) is 6.18 Å². The van der Waals surface area contributed by atoms with Gasteiger partial charge in [-0.05, 0) is 6.07 Å². The fraction of sp³-hybridized carbons (Fsp3) is 0.333. The highest BCUT2D eigenvalue weighted by Crippen LogP contribution is 2.29. The van der Waals surface area contributed by atoms with Gasteiger partial charge in [-0.25, -0.2) is 13.2 Å². The van der Waals surface area contributed by atoms with Crippen molar-refractivity contribution in [2.24, 2.45) is 5.73 Å². The fourth-order valence-electron chi connectivity index (χ4n) is 1.18. The van der Waals surface area contributed by atoms with Gasteiger partial charge in [0.15, 0.2) is 11.6 Å². The molecular formula is C9H7F6N. The minimum absolute atomic E-state index is 0.168. The molecule has 16 heavy (non-hydrogen) atoms. The molecule has 0 aliphatic heterocycles. The van der Waals surface area contributed by atoms with E-state index < -0.39 is 41.7 Å². The van der Waals surface area contributed by atoms with Crippen LogP contribution in [0.5, 0.6) is 0 Å². The van der Waals surface area contributed by atoms with Gasteiger partial charge in [-0.2, -0.15) is 13.2 Å². The van der Waals surface area contributed by atoms with Crippen molar-refractivity contribution in [2.75, 3.05) is 0 Å². The number of halogens is 6. The van der Waals surface area contributed by atoms with E-state index in [0.29, 0.717) is 6.07 Å². The van der Waals surface area contributed by atoms with Crippen molar-refractivity contribution >= 4 is 0 Å². The van der Waals surface area contributed by atoms with E-state index >= 15 is 0 Å². The van der Waals surface area contributed by atoms with Crippen LogP contribution in [0.2, 0.25) is 0 Å². The van der Waals surface area contributed by atoms with Gasteiger partial charge < -0.3 is 5.73 Å². The molecule has 0 fully saturated rings. The van der Waals surface area contributed by atoms with E-state index in [1.54, 1.807) is 0 Å². The molecule has 1 rings (SSSR count). The van der Waals surface area contributed by atoms with Gasteiger partial charge in [0.2, 0.25) is 0 Å². The van der Waals surface area contributed by atoms with Gasteiger partial charge in [-0.1, -0.05) is 0 Å². The smallest absolute Gasteiger partial charge is 0.324 e. The molecule has 0 saturated carbocycles. The van der Waals surface area contributed by atoms with Crippen LogP contribution in [0, 0.1) is 17.5 Å². The number of nitrogens with two attached hydrogens (primary N) is 1. The van der Waals surface area contributed by atoms with Crippen LogP contribution in [-0.2, 0) is 0 Å². The maximum atomic E-state index is 13.0. The molecule has 90 valence electrons.